The van der Waals surface area contributed by atoms with Gasteiger partial charge in [-0.05, 0) is 12.0 Å². The Morgan fingerprint density at radius 1 is 1.27 bits per heavy atom. The molecule has 0 unspecified atom stereocenters. The van der Waals surface area contributed by atoms with Crippen LogP contribution in [0.3, 0.4) is 0 Å². The average molecular weight is 204 g/mol. The van der Waals surface area contributed by atoms with Gasteiger partial charge in [-0.2, -0.15) is 9.49 Å². The Bertz CT molecular complexity index is 460. The molecule has 0 N–H and O–H groups in total. The highest BCUT2D eigenvalue weighted by Crippen LogP contribution is 2.26. The Balaban J connectivity index is 2.61. The van der Waals surface area contributed by atoms with Gasteiger partial charge >= 0.3 is 0 Å². The minimum atomic E-state index is -0.266. The molecule has 1 aromatic carbocycles. The molecule has 1 heterocycles. The lowest BCUT2D eigenvalue weighted by Crippen LogP contribution is -1.94. The summed E-state index contributed by atoms with van der Waals surface area (Å²) in [6.45, 7) is 1.98. The van der Waals surface area contributed by atoms with Crippen molar-refractivity contribution >= 4 is 0 Å². The highest BCUT2D eigenvalue weighted by atomic mass is 19.1. The second-order valence-corrected chi connectivity index (χ2v) is 3.46. The largest absolute Gasteiger partial charge is 0.242 e. The Kier molecular flexibility index (Phi) is 2.54. The van der Waals surface area contributed by atoms with E-state index in [0.29, 0.717) is 5.56 Å². The molecule has 0 bridgehead atoms. The molecule has 2 aromatic rings. The molecule has 2 nitrogen and oxygen atoms in total. The normalized spacial score (nSPS) is 10.6. The zero-order valence-corrected chi connectivity index (χ0v) is 8.87. The van der Waals surface area contributed by atoms with Crippen molar-refractivity contribution < 1.29 is 4.39 Å². The maximum Gasteiger partial charge on any atom is 0.219 e. The molecule has 78 valence electrons. The predicted octanol–water partition coefficient (Wildman–Crippen LogP) is 2.79. The van der Waals surface area contributed by atoms with Crippen molar-refractivity contribution in [3.63, 3.8) is 0 Å². The fourth-order valence-corrected chi connectivity index (χ4v) is 1.69. The molecule has 0 spiro atoms. The zero-order valence-electron chi connectivity index (χ0n) is 8.87. The molecule has 0 atom stereocenters. The third-order valence-electron chi connectivity index (χ3n) is 2.45. The van der Waals surface area contributed by atoms with Crippen LogP contribution in [0.2, 0.25) is 0 Å². The first-order chi connectivity index (χ1) is 7.24. The summed E-state index contributed by atoms with van der Waals surface area (Å²) in [4.78, 5) is 0. The van der Waals surface area contributed by atoms with Gasteiger partial charge in [0, 0.05) is 7.05 Å². The smallest absolute Gasteiger partial charge is 0.219 e. The minimum Gasteiger partial charge on any atom is -0.242 e. The molecule has 0 radical (unpaired) electrons. The Morgan fingerprint density at radius 2 is 1.93 bits per heavy atom. The molecule has 1 aromatic heterocycles. The van der Waals surface area contributed by atoms with E-state index >= 15 is 0 Å². The van der Waals surface area contributed by atoms with E-state index in [1.165, 1.54) is 4.68 Å². The van der Waals surface area contributed by atoms with Crippen LogP contribution in [0.1, 0.15) is 12.6 Å². The summed E-state index contributed by atoms with van der Waals surface area (Å²) in [7, 11) is 1.63. The third-order valence-corrected chi connectivity index (χ3v) is 2.45. The Morgan fingerprint density at radius 3 is 2.53 bits per heavy atom. The number of aromatic nitrogens is 2. The summed E-state index contributed by atoms with van der Waals surface area (Å²) in [5, 5.41) is 4.15. The van der Waals surface area contributed by atoms with Crippen LogP contribution < -0.4 is 0 Å². The van der Waals surface area contributed by atoms with Gasteiger partial charge in [0.25, 0.3) is 0 Å². The van der Waals surface area contributed by atoms with Crippen LogP contribution in [0.4, 0.5) is 4.39 Å². The van der Waals surface area contributed by atoms with Crippen LogP contribution in [-0.2, 0) is 13.5 Å². The second kappa shape index (κ2) is 3.85. The minimum absolute atomic E-state index is 0.266. The quantitative estimate of drug-likeness (QED) is 0.735. The molecule has 3 heteroatoms. The molecule has 15 heavy (non-hydrogen) atoms. The summed E-state index contributed by atoms with van der Waals surface area (Å²) in [5.74, 6) is -0.266. The van der Waals surface area contributed by atoms with E-state index in [1.54, 1.807) is 7.05 Å². The van der Waals surface area contributed by atoms with E-state index < -0.39 is 0 Å². The van der Waals surface area contributed by atoms with Crippen LogP contribution in [-0.4, -0.2) is 9.78 Å². The second-order valence-electron chi connectivity index (χ2n) is 3.46. The number of benzene rings is 1. The molecular weight excluding hydrogens is 191 g/mol. The highest BCUT2D eigenvalue weighted by molar-refractivity contribution is 5.65. The monoisotopic (exact) mass is 204 g/mol. The summed E-state index contributed by atoms with van der Waals surface area (Å²) in [6.07, 6.45) is 0.738. The van der Waals surface area contributed by atoms with Crippen LogP contribution in [0.25, 0.3) is 11.1 Å². The fourth-order valence-electron chi connectivity index (χ4n) is 1.69. The SMILES string of the molecule is CCc1nn(C)c(F)c1-c1ccccc1. The van der Waals surface area contributed by atoms with Crippen LogP contribution in [0, 0.1) is 5.95 Å². The van der Waals surface area contributed by atoms with Gasteiger partial charge in [0.05, 0.1) is 11.3 Å². The first-order valence-corrected chi connectivity index (χ1v) is 5.00. The standard InChI is InChI=1S/C12H13FN2/c1-3-10-11(12(13)15(2)14-10)9-7-5-4-6-8-9/h4-8H,3H2,1-2H3. The van der Waals surface area contributed by atoms with E-state index in [9.17, 15) is 4.39 Å². The summed E-state index contributed by atoms with van der Waals surface area (Å²) < 4.78 is 15.1. The van der Waals surface area contributed by atoms with Gasteiger partial charge in [0.2, 0.25) is 5.95 Å². The van der Waals surface area contributed by atoms with E-state index in [0.717, 1.165) is 17.7 Å². The third kappa shape index (κ3) is 1.65. The lowest BCUT2D eigenvalue weighted by atomic mass is 10.1. The Labute approximate surface area is 88.4 Å². The van der Waals surface area contributed by atoms with Crippen molar-refractivity contribution in [2.45, 2.75) is 13.3 Å². The van der Waals surface area contributed by atoms with E-state index in [2.05, 4.69) is 5.10 Å². The summed E-state index contributed by atoms with van der Waals surface area (Å²) >= 11 is 0. The van der Waals surface area contributed by atoms with Crippen LogP contribution in [0.5, 0.6) is 0 Å². The molecule has 0 saturated carbocycles. The highest BCUT2D eigenvalue weighted by Gasteiger charge is 2.15. The van der Waals surface area contributed by atoms with Crippen molar-refractivity contribution in [3.05, 3.63) is 42.0 Å². The van der Waals surface area contributed by atoms with E-state index in [1.807, 2.05) is 37.3 Å². The number of rotatable bonds is 2. The van der Waals surface area contributed by atoms with Crippen molar-refractivity contribution in [1.29, 1.82) is 0 Å². The molecule has 0 aliphatic rings. The molecule has 0 amide bonds. The lowest BCUT2D eigenvalue weighted by Gasteiger charge is -1.99. The van der Waals surface area contributed by atoms with Gasteiger partial charge in [0.15, 0.2) is 0 Å². The maximum atomic E-state index is 13.8. The molecule has 0 fully saturated rings. The van der Waals surface area contributed by atoms with Gasteiger partial charge < -0.3 is 0 Å². The molecule has 0 saturated heterocycles. The fraction of sp³-hybridized carbons (Fsp3) is 0.250. The van der Waals surface area contributed by atoms with Crippen LogP contribution in [0.15, 0.2) is 30.3 Å². The van der Waals surface area contributed by atoms with E-state index in [-0.39, 0.29) is 5.95 Å². The van der Waals surface area contributed by atoms with Gasteiger partial charge in [-0.25, -0.2) is 4.68 Å². The maximum absolute atomic E-state index is 13.8. The zero-order chi connectivity index (χ0) is 10.8. The molecule has 2 rings (SSSR count). The first kappa shape index (κ1) is 9.90. The lowest BCUT2D eigenvalue weighted by molar-refractivity contribution is 0.505. The average Bonchev–Trinajstić information content (AvgIpc) is 2.56. The Hall–Kier alpha value is -1.64. The van der Waals surface area contributed by atoms with Gasteiger partial charge in [-0.3, -0.25) is 0 Å². The van der Waals surface area contributed by atoms with Crippen molar-refractivity contribution in [2.75, 3.05) is 0 Å². The molecule has 0 aliphatic heterocycles. The van der Waals surface area contributed by atoms with Crippen molar-refractivity contribution in [3.8, 4) is 11.1 Å². The van der Waals surface area contributed by atoms with Crippen molar-refractivity contribution in [1.82, 2.24) is 9.78 Å². The topological polar surface area (TPSA) is 17.8 Å². The number of nitrogens with zero attached hydrogens (tertiary/aromatic N) is 2. The van der Waals surface area contributed by atoms with Crippen molar-refractivity contribution in [2.24, 2.45) is 7.05 Å². The number of halogens is 1. The number of hydrogen-bond acceptors (Lipinski definition) is 1. The predicted molar refractivity (Wildman–Crippen MR) is 58.0 cm³/mol. The van der Waals surface area contributed by atoms with E-state index in [4.69, 9.17) is 0 Å². The first-order valence-electron chi connectivity index (χ1n) is 5.00. The van der Waals surface area contributed by atoms with Gasteiger partial charge in [0.1, 0.15) is 0 Å². The number of hydrogen-bond donors (Lipinski definition) is 0. The molecule has 0 aliphatic carbocycles. The van der Waals surface area contributed by atoms with Gasteiger partial charge in [-0.1, -0.05) is 37.3 Å². The number of aryl methyl sites for hydroxylation is 2. The summed E-state index contributed by atoms with van der Waals surface area (Å²) in [5.41, 5.74) is 2.32. The summed E-state index contributed by atoms with van der Waals surface area (Å²) in [6, 6.07) is 9.53. The van der Waals surface area contributed by atoms with Gasteiger partial charge in [-0.15, -0.1) is 0 Å². The van der Waals surface area contributed by atoms with Crippen LogP contribution >= 0.6 is 0 Å². The molecular formula is C12H13FN2.